The van der Waals surface area contributed by atoms with Gasteiger partial charge in [0.1, 0.15) is 11.5 Å². The molecular formula is C16H18N2O3. The van der Waals surface area contributed by atoms with Gasteiger partial charge in [0, 0.05) is 11.3 Å². The molecule has 0 unspecified atom stereocenters. The van der Waals surface area contributed by atoms with Gasteiger partial charge < -0.3 is 20.5 Å². The number of carbonyl (C=O) groups is 1. The quantitative estimate of drug-likeness (QED) is 0.829. The fourth-order valence-corrected chi connectivity index (χ4v) is 1.91. The third-order valence-electron chi connectivity index (χ3n) is 2.88. The third-order valence-corrected chi connectivity index (χ3v) is 2.88. The molecule has 0 aliphatic rings. The molecule has 0 saturated carbocycles. The number of methoxy groups -OCH3 is 1. The van der Waals surface area contributed by atoms with Crippen LogP contribution in [0.15, 0.2) is 42.5 Å². The first kappa shape index (κ1) is 14.7. The minimum atomic E-state index is -0.250. The molecule has 21 heavy (non-hydrogen) atoms. The minimum absolute atomic E-state index is 0.250. The summed E-state index contributed by atoms with van der Waals surface area (Å²) < 4.78 is 10.6. The van der Waals surface area contributed by atoms with Crippen LogP contribution in [0.5, 0.6) is 11.5 Å². The van der Waals surface area contributed by atoms with Crippen molar-refractivity contribution in [3.8, 4) is 11.5 Å². The Morgan fingerprint density at radius 2 is 2.05 bits per heavy atom. The average Bonchev–Trinajstić information content (AvgIpc) is 2.48. The van der Waals surface area contributed by atoms with Crippen molar-refractivity contribution in [3.05, 3.63) is 48.0 Å². The van der Waals surface area contributed by atoms with Gasteiger partial charge in [0.2, 0.25) is 0 Å². The predicted molar refractivity (Wildman–Crippen MR) is 83.0 cm³/mol. The number of hydrogen-bond acceptors (Lipinski definition) is 4. The highest BCUT2D eigenvalue weighted by atomic mass is 16.5. The average molecular weight is 286 g/mol. The van der Waals surface area contributed by atoms with E-state index in [1.165, 1.54) is 7.11 Å². The fourth-order valence-electron chi connectivity index (χ4n) is 1.91. The largest absolute Gasteiger partial charge is 0.495 e. The first-order valence-electron chi connectivity index (χ1n) is 6.61. The molecule has 0 aliphatic heterocycles. The van der Waals surface area contributed by atoms with Crippen molar-refractivity contribution in [2.45, 2.75) is 6.92 Å². The summed E-state index contributed by atoms with van der Waals surface area (Å²) in [5.74, 6) is 0.962. The number of nitrogens with one attached hydrogen (secondary N) is 1. The number of benzene rings is 2. The molecule has 110 valence electrons. The van der Waals surface area contributed by atoms with Crippen LogP contribution in [0.25, 0.3) is 0 Å². The number of amides is 1. The minimum Gasteiger partial charge on any atom is -0.495 e. The van der Waals surface area contributed by atoms with Gasteiger partial charge in [0.05, 0.1) is 19.4 Å². The number of hydrogen-bond donors (Lipinski definition) is 2. The Morgan fingerprint density at radius 1 is 1.24 bits per heavy atom. The van der Waals surface area contributed by atoms with E-state index in [4.69, 9.17) is 15.2 Å². The van der Waals surface area contributed by atoms with E-state index in [1.807, 2.05) is 6.92 Å². The van der Waals surface area contributed by atoms with Gasteiger partial charge in [-0.3, -0.25) is 4.79 Å². The number of nitrogens with two attached hydrogens (primary N) is 1. The summed E-state index contributed by atoms with van der Waals surface area (Å²) in [7, 11) is 1.54. The van der Waals surface area contributed by atoms with E-state index in [1.54, 1.807) is 42.5 Å². The predicted octanol–water partition coefficient (Wildman–Crippen LogP) is 2.93. The molecule has 0 saturated heterocycles. The Balaban J connectivity index is 2.21. The molecule has 0 aliphatic carbocycles. The van der Waals surface area contributed by atoms with Crippen LogP contribution in [0, 0.1) is 0 Å². The molecule has 5 heteroatoms. The molecule has 2 rings (SSSR count). The monoisotopic (exact) mass is 286 g/mol. The maximum atomic E-state index is 12.3. The summed E-state index contributed by atoms with van der Waals surface area (Å²) in [5.41, 5.74) is 7.32. The Bertz CT molecular complexity index is 641. The lowest BCUT2D eigenvalue weighted by Gasteiger charge is -2.11. The molecule has 0 spiro atoms. The van der Waals surface area contributed by atoms with E-state index in [9.17, 15) is 4.79 Å². The van der Waals surface area contributed by atoms with Crippen LogP contribution in [0.4, 0.5) is 11.4 Å². The summed E-state index contributed by atoms with van der Waals surface area (Å²) in [5, 5.41) is 2.79. The zero-order valence-corrected chi connectivity index (χ0v) is 12.1. The van der Waals surface area contributed by atoms with Crippen molar-refractivity contribution >= 4 is 17.3 Å². The lowest BCUT2D eigenvalue weighted by molar-refractivity contribution is 0.102. The second kappa shape index (κ2) is 6.65. The van der Waals surface area contributed by atoms with E-state index < -0.39 is 0 Å². The number of ether oxygens (including phenoxy) is 2. The van der Waals surface area contributed by atoms with Crippen LogP contribution >= 0.6 is 0 Å². The van der Waals surface area contributed by atoms with E-state index >= 15 is 0 Å². The fraction of sp³-hybridized carbons (Fsp3) is 0.188. The van der Waals surface area contributed by atoms with Gasteiger partial charge in [-0.05, 0) is 43.3 Å². The number of rotatable bonds is 5. The van der Waals surface area contributed by atoms with Gasteiger partial charge in [0.25, 0.3) is 5.91 Å². The Hall–Kier alpha value is -2.69. The van der Waals surface area contributed by atoms with Crippen molar-refractivity contribution in [1.29, 1.82) is 0 Å². The normalized spacial score (nSPS) is 10.0. The number of carbonyl (C=O) groups excluding carboxylic acids is 1. The topological polar surface area (TPSA) is 73.6 Å². The van der Waals surface area contributed by atoms with Crippen LogP contribution in [-0.4, -0.2) is 19.6 Å². The smallest absolute Gasteiger partial charge is 0.255 e. The standard InChI is InChI=1S/C16H18N2O3/c1-3-21-13-6-4-5-11(9-13)16(19)18-14-10-12(17)7-8-15(14)20-2/h4-10H,3,17H2,1-2H3,(H,18,19). The molecule has 0 aromatic heterocycles. The van der Waals surface area contributed by atoms with Gasteiger partial charge in [-0.1, -0.05) is 6.07 Å². The highest BCUT2D eigenvalue weighted by molar-refractivity contribution is 6.05. The van der Waals surface area contributed by atoms with Crippen molar-refractivity contribution in [3.63, 3.8) is 0 Å². The van der Waals surface area contributed by atoms with Gasteiger partial charge in [-0.15, -0.1) is 0 Å². The summed E-state index contributed by atoms with van der Waals surface area (Å²) in [6.45, 7) is 2.44. The van der Waals surface area contributed by atoms with Crippen molar-refractivity contribution in [2.24, 2.45) is 0 Å². The van der Waals surface area contributed by atoms with Gasteiger partial charge >= 0.3 is 0 Å². The molecule has 0 radical (unpaired) electrons. The van der Waals surface area contributed by atoms with E-state index in [0.717, 1.165) is 0 Å². The first-order chi connectivity index (χ1) is 10.1. The van der Waals surface area contributed by atoms with Crippen LogP contribution in [0.2, 0.25) is 0 Å². The van der Waals surface area contributed by atoms with Gasteiger partial charge in [-0.25, -0.2) is 0 Å². The van der Waals surface area contributed by atoms with Crippen LogP contribution < -0.4 is 20.5 Å². The Labute approximate surface area is 123 Å². The molecule has 0 fully saturated rings. The van der Waals surface area contributed by atoms with E-state index in [0.29, 0.717) is 35.0 Å². The lowest BCUT2D eigenvalue weighted by atomic mass is 10.2. The van der Waals surface area contributed by atoms with Gasteiger partial charge in [0.15, 0.2) is 0 Å². The second-order valence-corrected chi connectivity index (χ2v) is 4.37. The SMILES string of the molecule is CCOc1cccc(C(=O)Nc2cc(N)ccc2OC)c1. The Kier molecular flexibility index (Phi) is 4.66. The third kappa shape index (κ3) is 3.66. The van der Waals surface area contributed by atoms with Crippen LogP contribution in [0.3, 0.4) is 0 Å². The summed E-state index contributed by atoms with van der Waals surface area (Å²) in [6.07, 6.45) is 0. The van der Waals surface area contributed by atoms with Crippen LogP contribution in [-0.2, 0) is 0 Å². The maximum absolute atomic E-state index is 12.3. The second-order valence-electron chi connectivity index (χ2n) is 4.37. The molecule has 2 aromatic rings. The van der Waals surface area contributed by atoms with E-state index in [-0.39, 0.29) is 5.91 Å². The highest BCUT2D eigenvalue weighted by Gasteiger charge is 2.11. The van der Waals surface area contributed by atoms with Crippen molar-refractivity contribution in [1.82, 2.24) is 0 Å². The zero-order chi connectivity index (χ0) is 15.2. The number of anilines is 2. The van der Waals surface area contributed by atoms with Gasteiger partial charge in [-0.2, -0.15) is 0 Å². The first-order valence-corrected chi connectivity index (χ1v) is 6.61. The molecule has 0 atom stereocenters. The number of nitrogen functional groups attached to an aromatic ring is 1. The van der Waals surface area contributed by atoms with Crippen molar-refractivity contribution in [2.75, 3.05) is 24.8 Å². The van der Waals surface area contributed by atoms with Crippen molar-refractivity contribution < 1.29 is 14.3 Å². The molecule has 3 N–H and O–H groups in total. The van der Waals surface area contributed by atoms with E-state index in [2.05, 4.69) is 5.32 Å². The molecule has 2 aromatic carbocycles. The molecule has 0 heterocycles. The highest BCUT2D eigenvalue weighted by Crippen LogP contribution is 2.27. The Morgan fingerprint density at radius 3 is 2.76 bits per heavy atom. The lowest BCUT2D eigenvalue weighted by Crippen LogP contribution is -2.13. The summed E-state index contributed by atoms with van der Waals surface area (Å²) in [6, 6.07) is 12.1. The molecular weight excluding hydrogens is 268 g/mol. The molecule has 5 nitrogen and oxygen atoms in total. The summed E-state index contributed by atoms with van der Waals surface area (Å²) in [4.78, 5) is 12.3. The maximum Gasteiger partial charge on any atom is 0.255 e. The van der Waals surface area contributed by atoms with Crippen LogP contribution in [0.1, 0.15) is 17.3 Å². The summed E-state index contributed by atoms with van der Waals surface area (Å²) >= 11 is 0. The molecule has 1 amide bonds. The zero-order valence-electron chi connectivity index (χ0n) is 12.1. The molecule has 0 bridgehead atoms.